The molecule has 2 aliphatic rings. The van der Waals surface area contributed by atoms with Crippen molar-refractivity contribution in [2.75, 3.05) is 19.7 Å². The maximum atomic E-state index is 12.5. The number of nitrogens with one attached hydrogen (secondary N) is 1. The van der Waals surface area contributed by atoms with Crippen LogP contribution in [-0.4, -0.2) is 51.7 Å². The summed E-state index contributed by atoms with van der Waals surface area (Å²) < 4.78 is 5.92. The Balaban J connectivity index is 1.28. The number of carbonyl (C=O) groups excluding carboxylic acids is 1. The Bertz CT molecular complexity index is 725. The van der Waals surface area contributed by atoms with Crippen LogP contribution in [0.5, 0.6) is 5.75 Å². The van der Waals surface area contributed by atoms with Crippen molar-refractivity contribution < 1.29 is 9.53 Å². The van der Waals surface area contributed by atoms with Crippen molar-refractivity contribution in [1.29, 1.82) is 0 Å². The van der Waals surface area contributed by atoms with Crippen LogP contribution in [0, 0.1) is 11.8 Å². The van der Waals surface area contributed by atoms with Gasteiger partial charge in [-0.05, 0) is 43.9 Å². The highest BCUT2D eigenvalue weighted by Crippen LogP contribution is 2.29. The molecular formula is C19H25N5O2. The summed E-state index contributed by atoms with van der Waals surface area (Å²) in [6.07, 6.45) is 7.24. The van der Waals surface area contributed by atoms with Crippen LogP contribution in [-0.2, 0) is 4.79 Å². The van der Waals surface area contributed by atoms with E-state index >= 15 is 0 Å². The normalized spacial score (nSPS) is 25.6. The summed E-state index contributed by atoms with van der Waals surface area (Å²) in [6.45, 7) is 2.25. The fourth-order valence-electron chi connectivity index (χ4n) is 3.76. The number of hydrogen-bond acceptors (Lipinski definition) is 5. The van der Waals surface area contributed by atoms with Gasteiger partial charge in [0.1, 0.15) is 5.75 Å². The van der Waals surface area contributed by atoms with Gasteiger partial charge in [0, 0.05) is 37.2 Å². The maximum Gasteiger partial charge on any atom is 0.225 e. The molecule has 0 spiro atoms. The molecule has 3 N–H and O–H groups in total. The highest BCUT2D eigenvalue weighted by molar-refractivity contribution is 5.80. The minimum atomic E-state index is 0.142. The zero-order valence-corrected chi connectivity index (χ0v) is 14.8. The molecule has 0 radical (unpaired) electrons. The first kappa shape index (κ1) is 17.0. The smallest absolute Gasteiger partial charge is 0.225 e. The van der Waals surface area contributed by atoms with Gasteiger partial charge in [-0.3, -0.25) is 14.9 Å². The van der Waals surface area contributed by atoms with Gasteiger partial charge in [-0.1, -0.05) is 0 Å². The molecule has 2 fully saturated rings. The molecule has 0 bridgehead atoms. The summed E-state index contributed by atoms with van der Waals surface area (Å²) in [7, 11) is 0. The van der Waals surface area contributed by atoms with E-state index in [1.165, 1.54) is 0 Å². The summed E-state index contributed by atoms with van der Waals surface area (Å²) in [5.74, 6) is 1.54. The van der Waals surface area contributed by atoms with Crippen molar-refractivity contribution in [2.24, 2.45) is 17.6 Å². The van der Waals surface area contributed by atoms with Crippen molar-refractivity contribution in [1.82, 2.24) is 20.1 Å². The monoisotopic (exact) mass is 355 g/mol. The molecule has 138 valence electrons. The Morgan fingerprint density at radius 1 is 1.35 bits per heavy atom. The zero-order valence-electron chi connectivity index (χ0n) is 14.8. The molecule has 1 aliphatic carbocycles. The van der Waals surface area contributed by atoms with Gasteiger partial charge in [0.15, 0.2) is 0 Å². The summed E-state index contributed by atoms with van der Waals surface area (Å²) in [5.41, 5.74) is 7.53. The molecule has 3 heterocycles. The minimum Gasteiger partial charge on any atom is -0.492 e. The van der Waals surface area contributed by atoms with Crippen LogP contribution in [0.1, 0.15) is 25.7 Å². The number of nitrogens with zero attached hydrogens (tertiary/aromatic N) is 3. The van der Waals surface area contributed by atoms with Crippen LogP contribution in [0.15, 0.2) is 30.6 Å². The number of pyridine rings is 1. The van der Waals surface area contributed by atoms with Gasteiger partial charge in [0.05, 0.1) is 24.2 Å². The van der Waals surface area contributed by atoms with Gasteiger partial charge < -0.3 is 15.4 Å². The van der Waals surface area contributed by atoms with E-state index in [2.05, 4.69) is 15.2 Å². The highest BCUT2D eigenvalue weighted by atomic mass is 16.5. The van der Waals surface area contributed by atoms with Crippen molar-refractivity contribution in [3.05, 3.63) is 30.6 Å². The van der Waals surface area contributed by atoms with E-state index in [1.54, 1.807) is 12.4 Å². The van der Waals surface area contributed by atoms with Gasteiger partial charge in [-0.25, -0.2) is 0 Å². The molecule has 1 aliphatic heterocycles. The Morgan fingerprint density at radius 3 is 2.92 bits per heavy atom. The Labute approximate surface area is 152 Å². The molecule has 1 saturated heterocycles. The average molecular weight is 355 g/mol. The van der Waals surface area contributed by atoms with Gasteiger partial charge in [-0.2, -0.15) is 5.10 Å². The summed E-state index contributed by atoms with van der Waals surface area (Å²) in [4.78, 5) is 18.9. The van der Waals surface area contributed by atoms with Crippen molar-refractivity contribution in [3.63, 3.8) is 0 Å². The number of ether oxygens (including phenoxy) is 1. The third-order valence-corrected chi connectivity index (χ3v) is 5.35. The second kappa shape index (κ2) is 7.45. The lowest BCUT2D eigenvalue weighted by Gasteiger charge is -2.39. The van der Waals surface area contributed by atoms with E-state index in [0.29, 0.717) is 12.5 Å². The molecule has 2 aromatic heterocycles. The third-order valence-electron chi connectivity index (χ3n) is 5.35. The summed E-state index contributed by atoms with van der Waals surface area (Å²) in [6, 6.07) is 5.93. The summed E-state index contributed by atoms with van der Waals surface area (Å²) in [5, 5.41) is 6.83. The van der Waals surface area contributed by atoms with Gasteiger partial charge in [0.2, 0.25) is 5.91 Å². The lowest BCUT2D eigenvalue weighted by molar-refractivity contribution is -0.140. The molecule has 1 saturated carbocycles. The number of aromatic nitrogens is 3. The van der Waals surface area contributed by atoms with E-state index < -0.39 is 0 Å². The van der Waals surface area contributed by atoms with E-state index in [-0.39, 0.29) is 17.9 Å². The number of hydrogen-bond donors (Lipinski definition) is 2. The zero-order chi connectivity index (χ0) is 17.9. The first-order valence-electron chi connectivity index (χ1n) is 9.32. The molecule has 1 atom stereocenters. The lowest BCUT2D eigenvalue weighted by Crippen LogP contribution is -2.50. The van der Waals surface area contributed by atoms with Gasteiger partial charge in [0.25, 0.3) is 0 Å². The number of piperidine rings is 1. The second-order valence-electron chi connectivity index (χ2n) is 7.38. The first-order chi connectivity index (χ1) is 12.7. The van der Waals surface area contributed by atoms with Crippen LogP contribution in [0.2, 0.25) is 0 Å². The predicted molar refractivity (Wildman–Crippen MR) is 97.3 cm³/mol. The first-order valence-corrected chi connectivity index (χ1v) is 9.32. The summed E-state index contributed by atoms with van der Waals surface area (Å²) >= 11 is 0. The second-order valence-corrected chi connectivity index (χ2v) is 7.38. The Hall–Kier alpha value is -2.41. The third kappa shape index (κ3) is 3.72. The molecule has 7 nitrogen and oxygen atoms in total. The molecule has 0 aromatic carbocycles. The highest BCUT2D eigenvalue weighted by Gasteiger charge is 2.36. The molecule has 26 heavy (non-hydrogen) atoms. The van der Waals surface area contributed by atoms with Crippen LogP contribution in [0.25, 0.3) is 11.4 Å². The quantitative estimate of drug-likeness (QED) is 0.853. The standard InChI is InChI=1S/C19H25N5O2/c20-15-8-14(9-15)19(25)24-7-1-2-13(11-24)12-26-16-3-4-17(21-10-16)18-5-6-22-23-18/h3-6,10,13-15H,1-2,7-9,11-12,20H2,(H,22,23)/t13-,14?,15?/m1/s1. The molecule has 2 aromatic rings. The van der Waals surface area contributed by atoms with Gasteiger partial charge >= 0.3 is 0 Å². The maximum absolute atomic E-state index is 12.5. The Kier molecular flexibility index (Phi) is 4.88. The van der Waals surface area contributed by atoms with E-state index in [9.17, 15) is 4.79 Å². The van der Waals surface area contributed by atoms with Crippen LogP contribution >= 0.6 is 0 Å². The minimum absolute atomic E-state index is 0.142. The van der Waals surface area contributed by atoms with Crippen LogP contribution in [0.4, 0.5) is 0 Å². The Morgan fingerprint density at radius 2 is 2.23 bits per heavy atom. The largest absolute Gasteiger partial charge is 0.492 e. The average Bonchev–Trinajstić information content (AvgIpc) is 3.19. The number of rotatable bonds is 5. The number of aromatic amines is 1. The molecule has 4 rings (SSSR count). The van der Waals surface area contributed by atoms with Crippen LogP contribution in [0.3, 0.4) is 0 Å². The topological polar surface area (TPSA) is 97.1 Å². The predicted octanol–water partition coefficient (Wildman–Crippen LogP) is 1.83. The fraction of sp³-hybridized carbons (Fsp3) is 0.526. The van der Waals surface area contributed by atoms with E-state index in [0.717, 1.165) is 55.9 Å². The number of H-pyrrole nitrogens is 1. The van der Waals surface area contributed by atoms with Crippen molar-refractivity contribution in [2.45, 2.75) is 31.7 Å². The molecule has 7 heteroatoms. The number of likely N-dealkylation sites (tertiary alicyclic amines) is 1. The van der Waals surface area contributed by atoms with Gasteiger partial charge in [-0.15, -0.1) is 0 Å². The molecular weight excluding hydrogens is 330 g/mol. The number of carbonyl (C=O) groups is 1. The van der Waals surface area contributed by atoms with Crippen molar-refractivity contribution >= 4 is 5.91 Å². The fourth-order valence-corrected chi connectivity index (χ4v) is 3.76. The number of nitrogens with two attached hydrogens (primary N) is 1. The molecule has 0 unspecified atom stereocenters. The van der Waals surface area contributed by atoms with Crippen molar-refractivity contribution in [3.8, 4) is 17.1 Å². The van der Waals surface area contributed by atoms with Crippen LogP contribution < -0.4 is 10.5 Å². The number of amides is 1. The molecule has 1 amide bonds. The van der Waals surface area contributed by atoms with E-state index in [1.807, 2.05) is 23.1 Å². The SMILES string of the molecule is NC1CC(C(=O)N2CCC[C@@H](COc3ccc(-c4ccn[nH]4)nc3)C2)C1. The lowest BCUT2D eigenvalue weighted by atomic mass is 9.79. The van der Waals surface area contributed by atoms with E-state index in [4.69, 9.17) is 10.5 Å².